The van der Waals surface area contributed by atoms with E-state index in [1.165, 1.54) is 24.3 Å². The van der Waals surface area contributed by atoms with Crippen LogP contribution in [0.5, 0.6) is 5.75 Å². The molecule has 10 heteroatoms. The van der Waals surface area contributed by atoms with Gasteiger partial charge in [0.2, 0.25) is 0 Å². The van der Waals surface area contributed by atoms with Crippen molar-refractivity contribution in [2.75, 3.05) is 19.8 Å². The van der Waals surface area contributed by atoms with Gasteiger partial charge in [0.15, 0.2) is 0 Å². The first-order chi connectivity index (χ1) is 8.78. The number of rotatable bonds is 7. The number of hydrogen-bond donors (Lipinski definition) is 3. The van der Waals surface area contributed by atoms with Crippen LogP contribution in [-0.4, -0.2) is 35.6 Å². The summed E-state index contributed by atoms with van der Waals surface area (Å²) in [6.07, 6.45) is -0.554. The molecule has 0 aliphatic heterocycles. The molecule has 4 N–H and O–H groups in total. The molecule has 0 saturated heterocycles. The second-order valence-electron chi connectivity index (χ2n) is 4.38. The number of benzene rings is 1. The van der Waals surface area contributed by atoms with Crippen molar-refractivity contribution in [1.29, 1.82) is 0 Å². The Morgan fingerprint density at radius 1 is 1.14 bits per heavy atom. The molecular formula is C11H16NNa2O6P. The Balaban J connectivity index is 0. The summed E-state index contributed by atoms with van der Waals surface area (Å²) in [7, 11) is -4.58. The van der Waals surface area contributed by atoms with E-state index in [1.54, 1.807) is 0 Å². The van der Waals surface area contributed by atoms with Crippen molar-refractivity contribution in [3.8, 4) is 5.75 Å². The van der Waals surface area contributed by atoms with Crippen LogP contribution in [0.25, 0.3) is 0 Å². The van der Waals surface area contributed by atoms with E-state index in [2.05, 4.69) is 0 Å². The molecule has 0 heterocycles. The SMILES string of the molecule is NC(CO)(CO)COc1ccc(CP(=O)([O-])[O-])cc1.[Na+].[Na+]. The molecule has 0 aromatic heterocycles. The first-order valence-electron chi connectivity index (χ1n) is 5.51. The van der Waals surface area contributed by atoms with Gasteiger partial charge < -0.3 is 35.0 Å². The standard InChI is InChI=1S/C11H18NO6P.2Na/c12-11(6-13,7-14)8-18-10-3-1-9(2-4-10)5-19(15,16)17;;/h1-4,13-14H,5-8,12H2,(H2,15,16,17);;/q;2*+1/p-2. The normalized spacial score (nSPS) is 11.3. The fourth-order valence-electron chi connectivity index (χ4n) is 1.28. The van der Waals surface area contributed by atoms with E-state index in [0.717, 1.165) is 0 Å². The molecule has 0 fully saturated rings. The van der Waals surface area contributed by atoms with Gasteiger partial charge in [0, 0.05) is 6.16 Å². The molecule has 0 aliphatic rings. The van der Waals surface area contributed by atoms with Gasteiger partial charge in [-0.15, -0.1) is 0 Å². The van der Waals surface area contributed by atoms with E-state index in [-0.39, 0.29) is 65.7 Å². The van der Waals surface area contributed by atoms with Crippen molar-refractivity contribution in [1.82, 2.24) is 0 Å². The summed E-state index contributed by atoms with van der Waals surface area (Å²) in [4.78, 5) is 21.2. The van der Waals surface area contributed by atoms with Crippen LogP contribution < -0.4 is 79.4 Å². The van der Waals surface area contributed by atoms with Gasteiger partial charge in [0.25, 0.3) is 0 Å². The van der Waals surface area contributed by atoms with Crippen molar-refractivity contribution >= 4 is 7.60 Å². The van der Waals surface area contributed by atoms with Gasteiger partial charge in [-0.2, -0.15) is 0 Å². The van der Waals surface area contributed by atoms with Gasteiger partial charge in [-0.25, -0.2) is 0 Å². The predicted octanol–water partition coefficient (Wildman–Crippen LogP) is -7.83. The zero-order valence-corrected chi connectivity index (χ0v) is 17.1. The number of hydrogen-bond acceptors (Lipinski definition) is 7. The Hall–Kier alpha value is 1.05. The summed E-state index contributed by atoms with van der Waals surface area (Å²) in [5.41, 5.74) is 4.74. The van der Waals surface area contributed by atoms with E-state index in [4.69, 9.17) is 20.7 Å². The van der Waals surface area contributed by atoms with Gasteiger partial charge in [0.1, 0.15) is 12.4 Å². The molecule has 0 amide bonds. The molecule has 1 aromatic rings. The minimum atomic E-state index is -4.58. The fraction of sp³-hybridized carbons (Fsp3) is 0.455. The van der Waals surface area contributed by atoms with E-state index in [0.29, 0.717) is 11.3 Å². The summed E-state index contributed by atoms with van der Waals surface area (Å²) in [5, 5.41) is 17.9. The molecule has 108 valence electrons. The smallest absolute Gasteiger partial charge is 0.810 e. The zero-order chi connectivity index (χ0) is 14.5. The molecule has 1 rings (SSSR count). The summed E-state index contributed by atoms with van der Waals surface area (Å²) in [6, 6.07) is 5.88. The maximum absolute atomic E-state index is 10.6. The number of aliphatic hydroxyl groups is 2. The van der Waals surface area contributed by atoms with Crippen LogP contribution in [0.2, 0.25) is 0 Å². The van der Waals surface area contributed by atoms with Gasteiger partial charge in [-0.05, 0) is 17.7 Å². The minimum absolute atomic E-state index is 0. The maximum Gasteiger partial charge on any atom is 1.00 e. The third-order valence-electron chi connectivity index (χ3n) is 2.46. The Morgan fingerprint density at radius 2 is 1.62 bits per heavy atom. The number of nitrogens with two attached hydrogens (primary N) is 1. The van der Waals surface area contributed by atoms with Crippen LogP contribution in [-0.2, 0) is 10.7 Å². The van der Waals surface area contributed by atoms with Gasteiger partial charge >= 0.3 is 59.1 Å². The summed E-state index contributed by atoms with van der Waals surface area (Å²) in [6.45, 7) is -0.963. The molecule has 1 aromatic carbocycles. The molecule has 21 heavy (non-hydrogen) atoms. The van der Waals surface area contributed by atoms with Gasteiger partial charge in [0.05, 0.1) is 18.8 Å². The molecule has 0 radical (unpaired) electrons. The molecule has 0 spiro atoms. The second kappa shape index (κ2) is 10.8. The van der Waals surface area contributed by atoms with Crippen LogP contribution in [0.1, 0.15) is 5.56 Å². The Bertz CT molecular complexity index is 449. The van der Waals surface area contributed by atoms with Crippen LogP contribution in [0.4, 0.5) is 0 Å². The third-order valence-corrected chi connectivity index (χ3v) is 3.21. The van der Waals surface area contributed by atoms with E-state index < -0.39 is 32.5 Å². The summed E-state index contributed by atoms with van der Waals surface area (Å²) < 4.78 is 15.9. The van der Waals surface area contributed by atoms with Crippen LogP contribution >= 0.6 is 7.60 Å². The molecule has 0 unspecified atom stereocenters. The van der Waals surface area contributed by atoms with Gasteiger partial charge in [-0.3, -0.25) is 0 Å². The third kappa shape index (κ3) is 9.71. The predicted molar refractivity (Wildman–Crippen MR) is 64.3 cm³/mol. The Morgan fingerprint density at radius 3 is 2.00 bits per heavy atom. The van der Waals surface area contributed by atoms with Crippen molar-refractivity contribution < 1.29 is 88.4 Å². The van der Waals surface area contributed by atoms with E-state index >= 15 is 0 Å². The van der Waals surface area contributed by atoms with Crippen molar-refractivity contribution in [3.63, 3.8) is 0 Å². The average Bonchev–Trinajstić information content (AvgIpc) is 2.36. The van der Waals surface area contributed by atoms with Crippen LogP contribution in [0.3, 0.4) is 0 Å². The average molecular weight is 335 g/mol. The molecular weight excluding hydrogens is 319 g/mol. The van der Waals surface area contributed by atoms with E-state index in [1.807, 2.05) is 0 Å². The molecule has 0 aliphatic carbocycles. The minimum Gasteiger partial charge on any atom is -0.810 e. The summed E-state index contributed by atoms with van der Waals surface area (Å²) >= 11 is 0. The second-order valence-corrected chi connectivity index (χ2v) is 5.92. The molecule has 0 bridgehead atoms. The maximum atomic E-state index is 10.6. The number of ether oxygens (including phenoxy) is 1. The van der Waals surface area contributed by atoms with Crippen LogP contribution in [0, 0.1) is 0 Å². The zero-order valence-electron chi connectivity index (χ0n) is 12.2. The Kier molecular flexibility index (Phi) is 12.4. The topological polar surface area (TPSA) is 139 Å². The first kappa shape index (κ1) is 24.3. The summed E-state index contributed by atoms with van der Waals surface area (Å²) in [5.74, 6) is 0.395. The van der Waals surface area contributed by atoms with Crippen molar-refractivity contribution in [3.05, 3.63) is 29.8 Å². The molecule has 7 nitrogen and oxygen atoms in total. The van der Waals surface area contributed by atoms with Crippen molar-refractivity contribution in [2.45, 2.75) is 11.7 Å². The first-order valence-corrected chi connectivity index (χ1v) is 7.24. The van der Waals surface area contributed by atoms with Crippen molar-refractivity contribution in [2.24, 2.45) is 5.73 Å². The fourth-order valence-corrected chi connectivity index (χ4v) is 1.94. The molecule has 0 saturated carbocycles. The van der Waals surface area contributed by atoms with Crippen LogP contribution in [0.15, 0.2) is 24.3 Å². The largest absolute Gasteiger partial charge is 1.00 e. The molecule has 0 atom stereocenters. The van der Waals surface area contributed by atoms with E-state index in [9.17, 15) is 14.4 Å². The monoisotopic (exact) mass is 335 g/mol. The number of aliphatic hydroxyl groups excluding tert-OH is 2. The quantitative estimate of drug-likeness (QED) is 0.332. The Labute approximate surface area is 167 Å². The van der Waals surface area contributed by atoms with Gasteiger partial charge in [-0.1, -0.05) is 19.7 Å².